The van der Waals surface area contributed by atoms with E-state index in [4.69, 9.17) is 9.47 Å². The van der Waals surface area contributed by atoms with Crippen LogP contribution in [0.25, 0.3) is 0 Å². The van der Waals surface area contributed by atoms with Gasteiger partial charge >= 0.3 is 0 Å². The van der Waals surface area contributed by atoms with Crippen LogP contribution in [0.5, 0.6) is 0 Å². The Labute approximate surface area is 159 Å². The first-order valence-electron chi connectivity index (χ1n) is 9.41. The van der Waals surface area contributed by atoms with Gasteiger partial charge in [0, 0.05) is 37.7 Å². The van der Waals surface area contributed by atoms with E-state index in [2.05, 4.69) is 0 Å². The van der Waals surface area contributed by atoms with E-state index < -0.39 is 5.60 Å². The Morgan fingerprint density at radius 3 is 2.85 bits per heavy atom. The Morgan fingerprint density at radius 2 is 2.15 bits per heavy atom. The van der Waals surface area contributed by atoms with E-state index in [9.17, 15) is 9.59 Å². The smallest absolute Gasteiger partial charge is 0.227 e. The number of nitrogens with zero attached hydrogens (tertiary/aromatic N) is 2. The minimum absolute atomic E-state index is 0.139. The quantitative estimate of drug-likeness (QED) is 0.708. The molecule has 0 bridgehead atoms. The Morgan fingerprint density at radius 1 is 1.35 bits per heavy atom. The summed E-state index contributed by atoms with van der Waals surface area (Å²) in [6.07, 6.45) is 2.34. The number of thiophene rings is 1. The third kappa shape index (κ3) is 4.84. The van der Waals surface area contributed by atoms with Gasteiger partial charge in [0.2, 0.25) is 11.8 Å². The van der Waals surface area contributed by atoms with Crippen LogP contribution in [0.4, 0.5) is 0 Å². The van der Waals surface area contributed by atoms with Crippen LogP contribution >= 0.6 is 11.3 Å². The zero-order chi connectivity index (χ0) is 18.4. The van der Waals surface area contributed by atoms with Crippen molar-refractivity contribution in [1.82, 2.24) is 9.80 Å². The molecule has 7 heteroatoms. The van der Waals surface area contributed by atoms with Crippen molar-refractivity contribution in [3.63, 3.8) is 0 Å². The highest BCUT2D eigenvalue weighted by molar-refractivity contribution is 7.10. The first-order valence-corrected chi connectivity index (χ1v) is 10.3. The Hall–Kier alpha value is -1.44. The van der Waals surface area contributed by atoms with Gasteiger partial charge in [-0.2, -0.15) is 0 Å². The first-order chi connectivity index (χ1) is 12.6. The number of likely N-dealkylation sites (tertiary alicyclic amines) is 1. The molecule has 2 amide bonds. The van der Waals surface area contributed by atoms with Crippen LogP contribution in [-0.4, -0.2) is 73.2 Å². The second kappa shape index (κ2) is 8.97. The van der Waals surface area contributed by atoms with Crippen molar-refractivity contribution in [3.05, 3.63) is 22.4 Å². The van der Waals surface area contributed by atoms with Gasteiger partial charge in [-0.25, -0.2) is 0 Å². The molecule has 0 radical (unpaired) electrons. The zero-order valence-electron chi connectivity index (χ0n) is 15.4. The topological polar surface area (TPSA) is 59.1 Å². The monoisotopic (exact) mass is 380 g/mol. The van der Waals surface area contributed by atoms with Gasteiger partial charge in [0.05, 0.1) is 31.7 Å². The molecule has 0 aromatic carbocycles. The number of hydrogen-bond acceptors (Lipinski definition) is 5. The molecule has 2 aliphatic heterocycles. The molecule has 2 saturated heterocycles. The van der Waals surface area contributed by atoms with Crippen LogP contribution in [-0.2, 0) is 25.5 Å². The summed E-state index contributed by atoms with van der Waals surface area (Å²) in [6, 6.07) is 3.97. The van der Waals surface area contributed by atoms with Crippen molar-refractivity contribution in [1.29, 1.82) is 0 Å². The highest BCUT2D eigenvalue weighted by Gasteiger charge is 2.41. The van der Waals surface area contributed by atoms with E-state index in [1.165, 1.54) is 0 Å². The summed E-state index contributed by atoms with van der Waals surface area (Å²) in [5, 5.41) is 2.00. The SMILES string of the molecule is CCOCCN1CCOC2(CCN(C(=O)Cc3cccs3)CC2)CC1=O. The van der Waals surface area contributed by atoms with Crippen LogP contribution in [0, 0.1) is 0 Å². The Kier molecular flexibility index (Phi) is 6.67. The van der Waals surface area contributed by atoms with E-state index in [1.807, 2.05) is 34.2 Å². The number of ether oxygens (including phenoxy) is 2. The van der Waals surface area contributed by atoms with Gasteiger partial charge in [0.25, 0.3) is 0 Å². The van der Waals surface area contributed by atoms with Crippen molar-refractivity contribution in [2.45, 2.75) is 38.2 Å². The fourth-order valence-corrected chi connectivity index (χ4v) is 4.35. The van der Waals surface area contributed by atoms with Gasteiger partial charge in [-0.3, -0.25) is 9.59 Å². The number of rotatable bonds is 6. The largest absolute Gasteiger partial charge is 0.380 e. The van der Waals surface area contributed by atoms with Crippen LogP contribution in [0.15, 0.2) is 17.5 Å². The molecule has 1 spiro atoms. The third-order valence-electron chi connectivity index (χ3n) is 5.24. The van der Waals surface area contributed by atoms with Crippen molar-refractivity contribution in [3.8, 4) is 0 Å². The molecule has 0 N–H and O–H groups in total. The van der Waals surface area contributed by atoms with Crippen molar-refractivity contribution in [2.24, 2.45) is 0 Å². The normalized spacial score (nSPS) is 20.4. The minimum Gasteiger partial charge on any atom is -0.380 e. The molecule has 3 rings (SSSR count). The standard InChI is InChI=1S/C19H28N2O4S/c1-2-24-11-9-21-10-12-25-19(15-18(21)23)5-7-20(8-6-19)17(22)14-16-4-3-13-26-16/h3-4,13H,2,5-12,14-15H2,1H3. The molecule has 2 fully saturated rings. The van der Waals surface area contributed by atoms with Gasteiger partial charge in [-0.1, -0.05) is 6.07 Å². The lowest BCUT2D eigenvalue weighted by Gasteiger charge is -2.40. The summed E-state index contributed by atoms with van der Waals surface area (Å²) in [5.74, 6) is 0.307. The number of piperidine rings is 1. The highest BCUT2D eigenvalue weighted by atomic mass is 32.1. The summed E-state index contributed by atoms with van der Waals surface area (Å²) in [5.41, 5.74) is -0.406. The molecule has 2 aliphatic rings. The van der Waals surface area contributed by atoms with Crippen LogP contribution in [0.2, 0.25) is 0 Å². The number of carbonyl (C=O) groups excluding carboxylic acids is 2. The van der Waals surface area contributed by atoms with Gasteiger partial charge in [-0.05, 0) is 31.2 Å². The molecule has 6 nitrogen and oxygen atoms in total. The Balaban J connectivity index is 1.51. The van der Waals surface area contributed by atoms with E-state index in [1.54, 1.807) is 11.3 Å². The van der Waals surface area contributed by atoms with E-state index in [0.717, 1.165) is 17.7 Å². The molecular weight excluding hydrogens is 352 g/mol. The molecular formula is C19H28N2O4S. The van der Waals surface area contributed by atoms with Gasteiger partial charge in [0.1, 0.15) is 0 Å². The summed E-state index contributed by atoms with van der Waals surface area (Å²) in [6.45, 7) is 6.31. The van der Waals surface area contributed by atoms with Gasteiger partial charge in [-0.15, -0.1) is 11.3 Å². The predicted octanol–water partition coefficient (Wildman–Crippen LogP) is 1.94. The van der Waals surface area contributed by atoms with E-state index in [0.29, 0.717) is 58.8 Å². The second-order valence-corrected chi connectivity index (χ2v) is 7.96. The molecule has 144 valence electrons. The lowest BCUT2D eigenvalue weighted by atomic mass is 9.87. The third-order valence-corrected chi connectivity index (χ3v) is 6.11. The summed E-state index contributed by atoms with van der Waals surface area (Å²) in [4.78, 5) is 29.9. The Bertz CT molecular complexity index is 597. The maximum Gasteiger partial charge on any atom is 0.227 e. The number of amides is 2. The second-order valence-electron chi connectivity index (χ2n) is 6.92. The molecule has 3 heterocycles. The summed E-state index contributed by atoms with van der Waals surface area (Å²) in [7, 11) is 0. The number of hydrogen-bond donors (Lipinski definition) is 0. The zero-order valence-corrected chi connectivity index (χ0v) is 16.3. The van der Waals surface area contributed by atoms with E-state index in [-0.39, 0.29) is 11.8 Å². The molecule has 1 aromatic rings. The maximum atomic E-state index is 12.6. The van der Waals surface area contributed by atoms with Crippen LogP contribution in [0.1, 0.15) is 31.1 Å². The van der Waals surface area contributed by atoms with Crippen LogP contribution < -0.4 is 0 Å². The predicted molar refractivity (Wildman–Crippen MR) is 100 cm³/mol. The molecule has 0 aliphatic carbocycles. The van der Waals surface area contributed by atoms with Crippen molar-refractivity contribution >= 4 is 23.2 Å². The summed E-state index contributed by atoms with van der Waals surface area (Å²) < 4.78 is 11.5. The van der Waals surface area contributed by atoms with Crippen LogP contribution in [0.3, 0.4) is 0 Å². The molecule has 0 atom stereocenters. The lowest BCUT2D eigenvalue weighted by Crippen LogP contribution is -2.49. The molecule has 0 saturated carbocycles. The molecule has 1 aromatic heterocycles. The number of carbonyl (C=O) groups is 2. The fraction of sp³-hybridized carbons (Fsp3) is 0.684. The fourth-order valence-electron chi connectivity index (χ4n) is 3.65. The van der Waals surface area contributed by atoms with Gasteiger partial charge in [0.15, 0.2) is 0 Å². The average Bonchev–Trinajstić information content (AvgIpc) is 3.08. The van der Waals surface area contributed by atoms with E-state index >= 15 is 0 Å². The highest BCUT2D eigenvalue weighted by Crippen LogP contribution is 2.32. The first kappa shape index (κ1) is 19.3. The average molecular weight is 381 g/mol. The molecule has 26 heavy (non-hydrogen) atoms. The lowest BCUT2D eigenvalue weighted by molar-refractivity contribution is -0.141. The minimum atomic E-state index is -0.406. The summed E-state index contributed by atoms with van der Waals surface area (Å²) >= 11 is 1.62. The molecule has 0 unspecified atom stereocenters. The van der Waals surface area contributed by atoms with Crippen molar-refractivity contribution < 1.29 is 19.1 Å². The van der Waals surface area contributed by atoms with Gasteiger partial charge < -0.3 is 19.3 Å². The maximum absolute atomic E-state index is 12.6. The van der Waals surface area contributed by atoms with Crippen molar-refractivity contribution in [2.75, 3.05) is 46.0 Å².